The molecule has 9 heteroatoms. The van der Waals surface area contributed by atoms with Crippen LogP contribution in [-0.4, -0.2) is 25.9 Å². The first-order chi connectivity index (χ1) is 13.4. The Bertz CT molecular complexity index is 948. The van der Waals surface area contributed by atoms with Gasteiger partial charge in [-0.1, -0.05) is 23.4 Å². The highest BCUT2D eigenvalue weighted by Gasteiger charge is 2.19. The van der Waals surface area contributed by atoms with E-state index in [1.807, 2.05) is 7.05 Å². The zero-order chi connectivity index (χ0) is 20.1. The Labute approximate surface area is 171 Å². The molecule has 1 amide bonds. The summed E-state index contributed by atoms with van der Waals surface area (Å²) in [6, 6.07) is 12.7. The molecule has 1 N–H and O–H groups in total. The molecule has 0 aliphatic rings. The van der Waals surface area contributed by atoms with Gasteiger partial charge in [0, 0.05) is 17.8 Å². The number of hydrogen-bond acceptors (Lipinski definition) is 5. The van der Waals surface area contributed by atoms with Crippen LogP contribution in [0.15, 0.2) is 53.7 Å². The van der Waals surface area contributed by atoms with Crippen LogP contribution in [0.1, 0.15) is 12.7 Å². The summed E-state index contributed by atoms with van der Waals surface area (Å²) >= 11 is 7.13. The monoisotopic (exact) mass is 420 g/mol. The lowest BCUT2D eigenvalue weighted by Crippen LogP contribution is -2.22. The second-order valence-electron chi connectivity index (χ2n) is 5.96. The number of nitrogens with one attached hydrogen (secondary N) is 1. The van der Waals surface area contributed by atoms with E-state index in [1.54, 1.807) is 35.8 Å². The maximum Gasteiger partial charge on any atom is 0.237 e. The van der Waals surface area contributed by atoms with Gasteiger partial charge in [0.15, 0.2) is 11.0 Å². The van der Waals surface area contributed by atoms with Gasteiger partial charge in [0.2, 0.25) is 5.91 Å². The van der Waals surface area contributed by atoms with Crippen molar-refractivity contribution in [1.82, 2.24) is 14.8 Å². The summed E-state index contributed by atoms with van der Waals surface area (Å²) in [6.45, 7) is 2.00. The minimum absolute atomic E-state index is 0.210. The molecule has 28 heavy (non-hydrogen) atoms. The van der Waals surface area contributed by atoms with Gasteiger partial charge in [-0.25, -0.2) is 4.39 Å². The fourth-order valence-electron chi connectivity index (χ4n) is 2.24. The first-order valence-corrected chi connectivity index (χ1v) is 9.68. The quantitative estimate of drug-likeness (QED) is 0.577. The lowest BCUT2D eigenvalue weighted by molar-refractivity contribution is -0.115. The summed E-state index contributed by atoms with van der Waals surface area (Å²) in [5.74, 6) is 0.740. The maximum atomic E-state index is 13.0. The third-order valence-electron chi connectivity index (χ3n) is 3.87. The van der Waals surface area contributed by atoms with Gasteiger partial charge in [-0.05, 0) is 55.5 Å². The molecule has 2 aromatic carbocycles. The van der Waals surface area contributed by atoms with Gasteiger partial charge in [0.1, 0.15) is 18.2 Å². The summed E-state index contributed by atoms with van der Waals surface area (Å²) in [4.78, 5) is 12.3. The van der Waals surface area contributed by atoms with Crippen LogP contribution < -0.4 is 10.1 Å². The number of benzene rings is 2. The Kier molecular flexibility index (Phi) is 6.53. The molecule has 1 heterocycles. The number of amides is 1. The second kappa shape index (κ2) is 9.07. The number of thioether (sulfide) groups is 1. The van der Waals surface area contributed by atoms with Crippen molar-refractivity contribution in [2.75, 3.05) is 5.32 Å². The van der Waals surface area contributed by atoms with Crippen LogP contribution in [0.4, 0.5) is 10.1 Å². The molecule has 3 aromatic rings. The van der Waals surface area contributed by atoms with Crippen molar-refractivity contribution in [3.63, 3.8) is 0 Å². The SMILES string of the molecule is C[C@H](Sc1nnc(COc2ccc(Cl)cc2)n1C)C(=O)Nc1ccc(F)cc1. The number of aromatic nitrogens is 3. The Balaban J connectivity index is 1.57. The molecule has 0 spiro atoms. The van der Waals surface area contributed by atoms with Crippen molar-refractivity contribution in [3.8, 4) is 5.75 Å². The number of rotatable bonds is 7. The Morgan fingerprint density at radius 3 is 2.57 bits per heavy atom. The van der Waals surface area contributed by atoms with E-state index >= 15 is 0 Å². The summed E-state index contributed by atoms with van der Waals surface area (Å²) < 4.78 is 20.4. The predicted octanol–water partition coefficient (Wildman–Crippen LogP) is 4.31. The van der Waals surface area contributed by atoms with Crippen molar-refractivity contribution in [1.29, 1.82) is 0 Å². The maximum absolute atomic E-state index is 13.0. The van der Waals surface area contributed by atoms with E-state index < -0.39 is 5.25 Å². The van der Waals surface area contributed by atoms with E-state index in [9.17, 15) is 9.18 Å². The van der Waals surface area contributed by atoms with Crippen LogP contribution >= 0.6 is 23.4 Å². The summed E-state index contributed by atoms with van der Waals surface area (Å²) in [7, 11) is 1.81. The van der Waals surface area contributed by atoms with Crippen molar-refractivity contribution in [2.45, 2.75) is 23.9 Å². The van der Waals surface area contributed by atoms with Crippen LogP contribution in [0, 0.1) is 5.82 Å². The highest BCUT2D eigenvalue weighted by atomic mass is 35.5. The molecule has 6 nitrogen and oxygen atoms in total. The number of nitrogens with zero attached hydrogens (tertiary/aromatic N) is 3. The molecule has 3 rings (SSSR count). The Hall–Kier alpha value is -2.58. The van der Waals surface area contributed by atoms with Crippen molar-refractivity contribution in [2.24, 2.45) is 7.05 Å². The summed E-state index contributed by atoms with van der Waals surface area (Å²) in [6.07, 6.45) is 0. The number of ether oxygens (including phenoxy) is 1. The molecule has 0 aliphatic carbocycles. The molecule has 146 valence electrons. The molecular weight excluding hydrogens is 403 g/mol. The minimum atomic E-state index is -0.419. The van der Waals surface area contributed by atoms with E-state index in [0.717, 1.165) is 0 Å². The van der Waals surface area contributed by atoms with Crippen LogP contribution in [0.3, 0.4) is 0 Å². The summed E-state index contributed by atoms with van der Waals surface area (Å²) in [5, 5.41) is 11.8. The highest BCUT2D eigenvalue weighted by Crippen LogP contribution is 2.23. The first-order valence-electron chi connectivity index (χ1n) is 8.42. The minimum Gasteiger partial charge on any atom is -0.486 e. The molecule has 0 unspecified atom stereocenters. The molecular formula is C19H18ClFN4O2S. The third kappa shape index (κ3) is 5.24. The molecule has 1 atom stereocenters. The first kappa shape index (κ1) is 20.2. The fraction of sp³-hybridized carbons (Fsp3) is 0.211. The lowest BCUT2D eigenvalue weighted by Gasteiger charge is -2.12. The molecule has 0 saturated heterocycles. The standard InChI is InChI=1S/C19H18ClFN4O2S/c1-12(18(26)22-15-7-5-14(21)6-8-15)28-19-24-23-17(25(19)2)11-27-16-9-3-13(20)4-10-16/h3-10,12H,11H2,1-2H3,(H,22,26)/t12-/m0/s1. The predicted molar refractivity (Wildman–Crippen MR) is 107 cm³/mol. The van der Waals surface area contributed by atoms with E-state index in [2.05, 4.69) is 15.5 Å². The molecule has 1 aromatic heterocycles. The Morgan fingerprint density at radius 2 is 1.89 bits per heavy atom. The lowest BCUT2D eigenvalue weighted by atomic mass is 10.3. The zero-order valence-corrected chi connectivity index (χ0v) is 16.8. The molecule has 0 saturated carbocycles. The van der Waals surface area contributed by atoms with Crippen LogP contribution in [-0.2, 0) is 18.4 Å². The van der Waals surface area contributed by atoms with E-state index in [0.29, 0.717) is 27.4 Å². The third-order valence-corrected chi connectivity index (χ3v) is 5.26. The van der Waals surface area contributed by atoms with Crippen molar-refractivity contribution >= 4 is 35.0 Å². The van der Waals surface area contributed by atoms with Crippen molar-refractivity contribution in [3.05, 3.63) is 65.2 Å². The van der Waals surface area contributed by atoms with Gasteiger partial charge in [0.25, 0.3) is 0 Å². The van der Waals surface area contributed by atoms with Crippen LogP contribution in [0.2, 0.25) is 5.02 Å². The van der Waals surface area contributed by atoms with Gasteiger partial charge in [-0.3, -0.25) is 4.79 Å². The van der Waals surface area contributed by atoms with Gasteiger partial charge in [-0.2, -0.15) is 0 Å². The topological polar surface area (TPSA) is 69.0 Å². The van der Waals surface area contributed by atoms with E-state index in [4.69, 9.17) is 16.3 Å². The van der Waals surface area contributed by atoms with Crippen molar-refractivity contribution < 1.29 is 13.9 Å². The zero-order valence-electron chi connectivity index (χ0n) is 15.2. The van der Waals surface area contributed by atoms with Crippen LogP contribution in [0.5, 0.6) is 5.75 Å². The summed E-state index contributed by atoms with van der Waals surface area (Å²) in [5.41, 5.74) is 0.536. The fourth-order valence-corrected chi connectivity index (χ4v) is 3.20. The molecule has 0 aliphatic heterocycles. The van der Waals surface area contributed by atoms with Gasteiger partial charge in [-0.15, -0.1) is 10.2 Å². The number of halogens is 2. The van der Waals surface area contributed by atoms with Gasteiger partial charge in [0.05, 0.1) is 5.25 Å². The average Bonchev–Trinajstić information content (AvgIpc) is 3.03. The largest absolute Gasteiger partial charge is 0.486 e. The van der Waals surface area contributed by atoms with Gasteiger partial charge < -0.3 is 14.6 Å². The van der Waals surface area contributed by atoms with E-state index in [1.165, 1.54) is 36.0 Å². The smallest absolute Gasteiger partial charge is 0.237 e. The highest BCUT2D eigenvalue weighted by molar-refractivity contribution is 8.00. The second-order valence-corrected chi connectivity index (χ2v) is 7.70. The van der Waals surface area contributed by atoms with E-state index in [-0.39, 0.29) is 18.3 Å². The van der Waals surface area contributed by atoms with Crippen LogP contribution in [0.25, 0.3) is 0 Å². The average molecular weight is 421 g/mol. The Morgan fingerprint density at radius 1 is 1.21 bits per heavy atom. The normalized spacial score (nSPS) is 11.9. The van der Waals surface area contributed by atoms with Gasteiger partial charge >= 0.3 is 0 Å². The molecule has 0 radical (unpaired) electrons. The number of carbonyl (C=O) groups excluding carboxylic acids is 1. The number of anilines is 1. The molecule has 0 bridgehead atoms. The number of carbonyl (C=O) groups is 1. The number of hydrogen-bond donors (Lipinski definition) is 1. The molecule has 0 fully saturated rings.